The van der Waals surface area contributed by atoms with E-state index in [0.29, 0.717) is 5.56 Å². The van der Waals surface area contributed by atoms with Crippen LogP contribution < -0.4 is 5.32 Å². The number of hydrogen-bond donors (Lipinski definition) is 1. The topological polar surface area (TPSA) is 12.0 Å². The molecule has 0 aromatic heterocycles. The van der Waals surface area contributed by atoms with Gasteiger partial charge in [-0.3, -0.25) is 0 Å². The van der Waals surface area contributed by atoms with Crippen LogP contribution in [0.3, 0.4) is 0 Å². The zero-order valence-electron chi connectivity index (χ0n) is 11.5. The molecule has 1 atom stereocenters. The van der Waals surface area contributed by atoms with Crippen molar-refractivity contribution in [1.29, 1.82) is 0 Å². The number of rotatable bonds is 5. The average Bonchev–Trinajstić information content (AvgIpc) is 2.45. The normalized spacial score (nSPS) is 12.4. The highest BCUT2D eigenvalue weighted by Crippen LogP contribution is 2.27. The fraction of sp³-hybridized carbons (Fsp3) is 0.250. The molecule has 0 saturated carbocycles. The number of thioether (sulfide) groups is 1. The fourth-order valence-corrected chi connectivity index (χ4v) is 2.82. The molecule has 2 aromatic rings. The van der Waals surface area contributed by atoms with Crippen molar-refractivity contribution >= 4 is 11.8 Å². The van der Waals surface area contributed by atoms with E-state index in [9.17, 15) is 8.78 Å². The second-order valence-electron chi connectivity index (χ2n) is 4.39. The Bertz CT molecular complexity index is 569. The van der Waals surface area contributed by atoms with Crippen LogP contribution in [0.15, 0.2) is 47.4 Å². The maximum absolute atomic E-state index is 13.9. The third kappa shape index (κ3) is 3.38. The van der Waals surface area contributed by atoms with E-state index in [1.807, 2.05) is 24.3 Å². The monoisotopic (exact) mass is 293 g/mol. The first-order valence-corrected chi connectivity index (χ1v) is 7.49. The van der Waals surface area contributed by atoms with Crippen molar-refractivity contribution in [2.45, 2.75) is 17.9 Å². The first-order valence-electron chi connectivity index (χ1n) is 6.50. The molecule has 0 aliphatic rings. The summed E-state index contributed by atoms with van der Waals surface area (Å²) >= 11 is 1.75. The fourth-order valence-electron chi connectivity index (χ4n) is 2.16. The Kier molecular flexibility index (Phi) is 5.15. The Morgan fingerprint density at radius 2 is 1.80 bits per heavy atom. The van der Waals surface area contributed by atoms with Gasteiger partial charge in [0.25, 0.3) is 0 Å². The van der Waals surface area contributed by atoms with Gasteiger partial charge in [-0.1, -0.05) is 19.1 Å². The first-order chi connectivity index (χ1) is 9.65. The van der Waals surface area contributed by atoms with Gasteiger partial charge in [0.15, 0.2) is 0 Å². The molecule has 106 valence electrons. The highest BCUT2D eigenvalue weighted by Gasteiger charge is 2.16. The zero-order valence-corrected chi connectivity index (χ0v) is 12.3. The van der Waals surface area contributed by atoms with Gasteiger partial charge in [0.05, 0.1) is 6.04 Å². The molecule has 4 heteroatoms. The van der Waals surface area contributed by atoms with E-state index in [-0.39, 0.29) is 6.04 Å². The minimum absolute atomic E-state index is 0.323. The summed E-state index contributed by atoms with van der Waals surface area (Å²) in [7, 11) is 1.74. The zero-order chi connectivity index (χ0) is 14.5. The largest absolute Gasteiger partial charge is 0.309 e. The van der Waals surface area contributed by atoms with Gasteiger partial charge in [-0.2, -0.15) is 0 Å². The Morgan fingerprint density at radius 1 is 1.10 bits per heavy atom. The molecular weight excluding hydrogens is 276 g/mol. The molecule has 0 bridgehead atoms. The van der Waals surface area contributed by atoms with E-state index < -0.39 is 11.6 Å². The molecule has 2 aromatic carbocycles. The van der Waals surface area contributed by atoms with Crippen molar-refractivity contribution in [2.24, 2.45) is 0 Å². The summed E-state index contributed by atoms with van der Waals surface area (Å²) in [6.45, 7) is 2.09. The molecule has 2 rings (SSSR count). The second-order valence-corrected chi connectivity index (χ2v) is 5.73. The quantitative estimate of drug-likeness (QED) is 0.821. The van der Waals surface area contributed by atoms with Gasteiger partial charge in [-0.05, 0) is 48.7 Å². The van der Waals surface area contributed by atoms with E-state index in [0.717, 1.165) is 23.4 Å². The van der Waals surface area contributed by atoms with E-state index in [1.165, 1.54) is 11.0 Å². The van der Waals surface area contributed by atoms with E-state index in [4.69, 9.17) is 0 Å². The van der Waals surface area contributed by atoms with Crippen LogP contribution in [-0.4, -0.2) is 12.8 Å². The SMILES string of the molecule is CCSc1ccc(C(NC)c2cc(F)ccc2F)cc1. The molecule has 1 unspecified atom stereocenters. The molecule has 20 heavy (non-hydrogen) atoms. The summed E-state index contributed by atoms with van der Waals surface area (Å²) in [6.07, 6.45) is 0. The summed E-state index contributed by atoms with van der Waals surface area (Å²) in [5.74, 6) is 0.172. The maximum Gasteiger partial charge on any atom is 0.128 e. The maximum atomic E-state index is 13.9. The van der Waals surface area contributed by atoms with Crippen molar-refractivity contribution < 1.29 is 8.78 Å². The Morgan fingerprint density at radius 3 is 2.40 bits per heavy atom. The Labute approximate surface area is 122 Å². The molecule has 0 amide bonds. The van der Waals surface area contributed by atoms with Crippen molar-refractivity contribution in [3.63, 3.8) is 0 Å². The molecule has 0 aliphatic carbocycles. The van der Waals surface area contributed by atoms with Crippen LogP contribution in [0.25, 0.3) is 0 Å². The Balaban J connectivity index is 2.34. The van der Waals surface area contributed by atoms with E-state index in [1.54, 1.807) is 18.8 Å². The van der Waals surface area contributed by atoms with Gasteiger partial charge in [-0.15, -0.1) is 11.8 Å². The third-order valence-electron chi connectivity index (χ3n) is 3.08. The second kappa shape index (κ2) is 6.86. The minimum Gasteiger partial charge on any atom is -0.309 e. The summed E-state index contributed by atoms with van der Waals surface area (Å²) < 4.78 is 27.2. The van der Waals surface area contributed by atoms with Crippen LogP contribution >= 0.6 is 11.8 Å². The van der Waals surface area contributed by atoms with Gasteiger partial charge < -0.3 is 5.32 Å². The number of nitrogens with one attached hydrogen (secondary N) is 1. The van der Waals surface area contributed by atoms with Crippen LogP contribution in [0.2, 0.25) is 0 Å². The van der Waals surface area contributed by atoms with Crippen LogP contribution in [0.4, 0.5) is 8.78 Å². The lowest BCUT2D eigenvalue weighted by atomic mass is 9.98. The number of hydrogen-bond acceptors (Lipinski definition) is 2. The molecule has 0 radical (unpaired) electrons. The summed E-state index contributed by atoms with van der Waals surface area (Å²) in [4.78, 5) is 1.17. The minimum atomic E-state index is -0.431. The lowest BCUT2D eigenvalue weighted by molar-refractivity contribution is 0.558. The molecule has 0 fully saturated rings. The smallest absolute Gasteiger partial charge is 0.128 e. The summed E-state index contributed by atoms with van der Waals surface area (Å²) in [6, 6.07) is 11.1. The van der Waals surface area contributed by atoms with E-state index in [2.05, 4.69) is 12.2 Å². The highest BCUT2D eigenvalue weighted by molar-refractivity contribution is 7.99. The van der Waals surface area contributed by atoms with Gasteiger partial charge in [-0.25, -0.2) is 8.78 Å². The number of benzene rings is 2. The summed E-state index contributed by atoms with van der Waals surface area (Å²) in [5.41, 5.74) is 1.24. The van der Waals surface area contributed by atoms with Crippen molar-refractivity contribution in [1.82, 2.24) is 5.32 Å². The lowest BCUT2D eigenvalue weighted by Gasteiger charge is -2.18. The molecular formula is C16H17F2NS. The molecule has 1 N–H and O–H groups in total. The molecule has 0 saturated heterocycles. The average molecular weight is 293 g/mol. The van der Waals surface area contributed by atoms with Gasteiger partial charge >= 0.3 is 0 Å². The highest BCUT2D eigenvalue weighted by atomic mass is 32.2. The predicted octanol–water partition coefficient (Wildman–Crippen LogP) is 4.39. The molecule has 0 spiro atoms. The van der Waals surface area contributed by atoms with Crippen LogP contribution in [0.1, 0.15) is 24.1 Å². The first kappa shape index (κ1) is 15.0. The van der Waals surface area contributed by atoms with E-state index >= 15 is 0 Å². The van der Waals surface area contributed by atoms with Gasteiger partial charge in [0.2, 0.25) is 0 Å². The number of halogens is 2. The van der Waals surface area contributed by atoms with Gasteiger partial charge in [0.1, 0.15) is 11.6 Å². The van der Waals surface area contributed by atoms with Crippen molar-refractivity contribution in [3.05, 3.63) is 65.2 Å². The Hall–Kier alpha value is -1.39. The lowest BCUT2D eigenvalue weighted by Crippen LogP contribution is -2.19. The molecule has 0 aliphatic heterocycles. The van der Waals surface area contributed by atoms with Crippen molar-refractivity contribution in [2.75, 3.05) is 12.8 Å². The molecule has 1 nitrogen and oxygen atoms in total. The summed E-state index contributed by atoms with van der Waals surface area (Å²) in [5, 5.41) is 3.04. The predicted molar refractivity (Wildman–Crippen MR) is 80.1 cm³/mol. The molecule has 0 heterocycles. The third-order valence-corrected chi connectivity index (χ3v) is 3.98. The van der Waals surface area contributed by atoms with Crippen LogP contribution in [0.5, 0.6) is 0 Å². The van der Waals surface area contributed by atoms with Gasteiger partial charge in [0, 0.05) is 10.5 Å². The standard InChI is InChI=1S/C16H17F2NS/c1-3-20-13-7-4-11(5-8-13)16(19-2)14-10-12(17)6-9-15(14)18/h4-10,16,19H,3H2,1-2H3. The van der Waals surface area contributed by atoms with Crippen LogP contribution in [0, 0.1) is 11.6 Å². The van der Waals surface area contributed by atoms with Crippen molar-refractivity contribution in [3.8, 4) is 0 Å². The van der Waals surface area contributed by atoms with Crippen LogP contribution in [-0.2, 0) is 0 Å².